The number of halogens is 2. The van der Waals surface area contributed by atoms with E-state index in [0.717, 1.165) is 0 Å². The maximum Gasteiger partial charge on any atom is 0.383 e. The molecular formula is C27H30F2O6S2. The van der Waals surface area contributed by atoms with E-state index in [0.29, 0.717) is 11.8 Å². The molecule has 0 heterocycles. The van der Waals surface area contributed by atoms with Crippen LogP contribution in [0.2, 0.25) is 0 Å². The number of carbonyl (C=O) groups is 1. The molecule has 3 aromatic rings. The average molecular weight is 553 g/mol. The predicted molar refractivity (Wildman–Crippen MR) is 142 cm³/mol. The molecule has 0 aliphatic rings. The van der Waals surface area contributed by atoms with Crippen molar-refractivity contribution < 1.29 is 36.4 Å². The Morgan fingerprint density at radius 2 is 1.32 bits per heavy atom. The maximum absolute atomic E-state index is 15.9. The molecule has 37 heavy (non-hydrogen) atoms. The highest BCUT2D eigenvalue weighted by Gasteiger charge is 2.69. The quantitative estimate of drug-likeness (QED) is 0.166. The van der Waals surface area contributed by atoms with Crippen LogP contribution in [-0.2, 0) is 18.2 Å². The van der Waals surface area contributed by atoms with Crippen molar-refractivity contribution in [1.29, 1.82) is 0 Å². The van der Waals surface area contributed by atoms with Gasteiger partial charge in [-0.05, 0) is 69.3 Å². The van der Waals surface area contributed by atoms with Crippen LogP contribution in [0.4, 0.5) is 8.78 Å². The van der Waals surface area contributed by atoms with E-state index < -0.39 is 41.2 Å². The molecule has 2 N–H and O–H groups in total. The zero-order chi connectivity index (χ0) is 27.6. The smallest absolute Gasteiger partial charge is 0.383 e. The highest BCUT2D eigenvalue weighted by Crippen LogP contribution is 2.82. The number of hydrogen-bond acceptors (Lipinski definition) is 4. The molecule has 0 saturated carbocycles. The van der Waals surface area contributed by atoms with E-state index in [1.807, 2.05) is 20.8 Å². The van der Waals surface area contributed by atoms with Gasteiger partial charge in [-0.1, -0.05) is 52.0 Å². The summed E-state index contributed by atoms with van der Waals surface area (Å²) in [6, 6.07) is 20.7. The summed E-state index contributed by atoms with van der Waals surface area (Å²) in [6.07, 6.45) is 0.643. The summed E-state index contributed by atoms with van der Waals surface area (Å²) in [5.74, 6) is -0.830. The molecule has 0 atom stereocenters. The summed E-state index contributed by atoms with van der Waals surface area (Å²) in [6.45, 7) is 6.81. The standard InChI is InChI=1S/C27H30F2O6S2/c1-5-25(30)34-20-27(28,29)37(31,32,33)36(22-12-8-6-9-13-22,23-14-10-7-11-15-23)24-18-16-21(17-19-24)35-26(2,3)4/h5-19H,1,20H2,2-4H3,(H2,31,32,33). The van der Waals surface area contributed by atoms with Crippen molar-refractivity contribution in [1.82, 2.24) is 0 Å². The van der Waals surface area contributed by atoms with Crippen molar-refractivity contribution in [3.05, 3.63) is 97.6 Å². The van der Waals surface area contributed by atoms with Gasteiger partial charge in [-0.25, -0.2) is 9.00 Å². The SMILES string of the molecule is C=CC(=O)OCC(F)(F)S(=O)(O)(O)S(c1ccccc1)(c1ccccc1)c1ccc(OC(C)(C)C)cc1. The highest BCUT2D eigenvalue weighted by atomic mass is 33.2. The first-order valence-electron chi connectivity index (χ1n) is 11.2. The fraction of sp³-hybridized carbons (Fsp3) is 0.222. The van der Waals surface area contributed by atoms with Crippen LogP contribution in [0.1, 0.15) is 20.8 Å². The zero-order valence-corrected chi connectivity index (χ0v) is 22.3. The first kappa shape index (κ1) is 28.5. The van der Waals surface area contributed by atoms with Crippen molar-refractivity contribution in [2.24, 2.45) is 0 Å². The van der Waals surface area contributed by atoms with E-state index in [2.05, 4.69) is 11.3 Å². The number of ether oxygens (including phenoxy) is 2. The summed E-state index contributed by atoms with van der Waals surface area (Å²) >= 11 is 0. The normalized spacial score (nSPS) is 14.2. The lowest BCUT2D eigenvalue weighted by molar-refractivity contribution is -0.144. The second-order valence-corrected chi connectivity index (χ2v) is 17.1. The number of alkyl halides is 2. The molecule has 10 heteroatoms. The lowest BCUT2D eigenvalue weighted by atomic mass is 10.2. The van der Waals surface area contributed by atoms with Crippen LogP contribution in [0.5, 0.6) is 5.75 Å². The molecule has 0 aliphatic heterocycles. The summed E-state index contributed by atoms with van der Waals surface area (Å²) in [5, 5.41) is -4.78. The Labute approximate surface area is 216 Å². The first-order chi connectivity index (χ1) is 17.1. The van der Waals surface area contributed by atoms with Crippen molar-refractivity contribution in [3.63, 3.8) is 0 Å². The van der Waals surface area contributed by atoms with Gasteiger partial charge in [0, 0.05) is 20.8 Å². The molecule has 0 radical (unpaired) electrons. The molecule has 0 fully saturated rings. The van der Waals surface area contributed by atoms with Gasteiger partial charge in [0.2, 0.25) is 0 Å². The molecule has 3 aromatic carbocycles. The molecular weight excluding hydrogens is 522 g/mol. The largest absolute Gasteiger partial charge is 0.488 e. The van der Waals surface area contributed by atoms with Gasteiger partial charge in [-0.2, -0.15) is 8.78 Å². The predicted octanol–water partition coefficient (Wildman–Crippen LogP) is 7.15. The van der Waals surface area contributed by atoms with Gasteiger partial charge >= 0.3 is 11.2 Å². The second kappa shape index (κ2) is 10.0. The number of hydrogen-bond donors (Lipinski definition) is 2. The highest BCUT2D eigenvalue weighted by molar-refractivity contribution is 8.97. The van der Waals surface area contributed by atoms with E-state index >= 15 is 8.78 Å². The van der Waals surface area contributed by atoms with E-state index in [1.54, 1.807) is 12.1 Å². The third-order valence-corrected chi connectivity index (χ3v) is 15.3. The second-order valence-electron chi connectivity index (χ2n) is 9.11. The maximum atomic E-state index is 15.9. The molecule has 0 aromatic heterocycles. The van der Waals surface area contributed by atoms with Gasteiger partial charge in [-0.3, -0.25) is 9.11 Å². The van der Waals surface area contributed by atoms with Crippen LogP contribution in [0.25, 0.3) is 0 Å². The fourth-order valence-electron chi connectivity index (χ4n) is 3.70. The Bertz CT molecular complexity index is 1280. The molecule has 0 bridgehead atoms. The number of esters is 1. The van der Waals surface area contributed by atoms with Gasteiger partial charge in [0.05, 0.1) is 0 Å². The van der Waals surface area contributed by atoms with Gasteiger partial charge < -0.3 is 9.47 Å². The topological polar surface area (TPSA) is 93.1 Å². The van der Waals surface area contributed by atoms with Crippen molar-refractivity contribution >= 4 is 23.7 Å². The average Bonchev–Trinajstić information content (AvgIpc) is 2.84. The summed E-state index contributed by atoms with van der Waals surface area (Å²) < 4.78 is 79.6. The van der Waals surface area contributed by atoms with Crippen LogP contribution >= 0.6 is 9.06 Å². The summed E-state index contributed by atoms with van der Waals surface area (Å²) in [5.41, 5.74) is -0.559. The molecule has 6 nitrogen and oxygen atoms in total. The molecule has 3 rings (SSSR count). The lowest BCUT2D eigenvalue weighted by Crippen LogP contribution is -2.55. The first-order valence-corrected chi connectivity index (χ1v) is 15.2. The Hall–Kier alpha value is -3.05. The number of rotatable bonds is 9. The Kier molecular flexibility index (Phi) is 7.72. The zero-order valence-electron chi connectivity index (χ0n) is 20.7. The van der Waals surface area contributed by atoms with Crippen LogP contribution < -0.4 is 4.74 Å². The van der Waals surface area contributed by atoms with E-state index in [9.17, 15) is 18.1 Å². The third kappa shape index (κ3) is 5.19. The Morgan fingerprint density at radius 1 is 0.892 bits per heavy atom. The summed E-state index contributed by atoms with van der Waals surface area (Å²) in [7, 11) is -11.1. The molecule has 0 amide bonds. The van der Waals surface area contributed by atoms with Crippen LogP contribution in [0.3, 0.4) is 0 Å². The lowest BCUT2D eigenvalue weighted by Gasteiger charge is -2.56. The third-order valence-electron chi connectivity index (χ3n) is 5.24. The molecule has 0 saturated heterocycles. The van der Waals surface area contributed by atoms with E-state index in [4.69, 9.17) is 4.74 Å². The minimum absolute atomic E-state index is 0.00223. The van der Waals surface area contributed by atoms with Gasteiger partial charge in [-0.15, -0.1) is 0 Å². The molecule has 0 spiro atoms. The Morgan fingerprint density at radius 3 is 1.73 bits per heavy atom. The van der Waals surface area contributed by atoms with Gasteiger partial charge in [0.1, 0.15) is 11.4 Å². The fourth-order valence-corrected chi connectivity index (χ4v) is 13.2. The van der Waals surface area contributed by atoms with E-state index in [1.165, 1.54) is 72.8 Å². The number of carbonyl (C=O) groups excluding carboxylic acids is 1. The minimum Gasteiger partial charge on any atom is -0.488 e. The molecule has 200 valence electrons. The minimum atomic E-state index is -7.11. The van der Waals surface area contributed by atoms with Crippen LogP contribution in [0, 0.1) is 0 Å². The van der Waals surface area contributed by atoms with Crippen molar-refractivity contribution in [2.75, 3.05) is 6.61 Å². The van der Waals surface area contributed by atoms with E-state index in [-0.39, 0.29) is 14.7 Å². The Balaban J connectivity index is 2.41. The van der Waals surface area contributed by atoms with Gasteiger partial charge in [0.25, 0.3) is 0 Å². The summed E-state index contributed by atoms with van der Waals surface area (Å²) in [4.78, 5) is 11.5. The van der Waals surface area contributed by atoms with Crippen LogP contribution in [-0.4, -0.2) is 36.7 Å². The molecule has 0 unspecified atom stereocenters. The molecule has 0 aliphatic carbocycles. The van der Waals surface area contributed by atoms with Crippen molar-refractivity contribution in [2.45, 2.75) is 46.3 Å². The van der Waals surface area contributed by atoms with Gasteiger partial charge in [0.15, 0.2) is 15.3 Å². The van der Waals surface area contributed by atoms with Crippen molar-refractivity contribution in [3.8, 4) is 5.75 Å². The number of benzene rings is 3. The van der Waals surface area contributed by atoms with Crippen LogP contribution in [0.15, 0.2) is 112 Å². The monoisotopic (exact) mass is 552 g/mol.